The zero-order valence-corrected chi connectivity index (χ0v) is 17.1. The van der Waals surface area contributed by atoms with E-state index in [-0.39, 0.29) is 29.2 Å². The molecule has 1 fully saturated rings. The second-order valence-electron chi connectivity index (χ2n) is 5.99. The maximum Gasteiger partial charge on any atom is 0.326 e. The molecule has 2 aromatic rings. The first-order valence-electron chi connectivity index (χ1n) is 8.61. The van der Waals surface area contributed by atoms with E-state index in [1.54, 1.807) is 55.7 Å². The molecule has 8 heteroatoms. The highest BCUT2D eigenvalue weighted by molar-refractivity contribution is 8.26. The van der Waals surface area contributed by atoms with Crippen molar-refractivity contribution in [1.82, 2.24) is 4.90 Å². The molecule has 0 N–H and O–H groups in total. The van der Waals surface area contributed by atoms with Crippen molar-refractivity contribution in [3.63, 3.8) is 0 Å². The van der Waals surface area contributed by atoms with Crippen LogP contribution in [-0.4, -0.2) is 47.1 Å². The normalized spacial score (nSPS) is 14.9. The number of thioether (sulfide) groups is 1. The van der Waals surface area contributed by atoms with Crippen molar-refractivity contribution in [3.05, 3.63) is 70.6 Å². The van der Waals surface area contributed by atoms with E-state index in [1.807, 2.05) is 12.1 Å². The molecule has 0 unspecified atom stereocenters. The summed E-state index contributed by atoms with van der Waals surface area (Å²) in [6.07, 6.45) is 1.70. The highest BCUT2D eigenvalue weighted by Crippen LogP contribution is 2.32. The van der Waals surface area contributed by atoms with Crippen LogP contribution >= 0.6 is 24.0 Å². The van der Waals surface area contributed by atoms with Crippen LogP contribution in [0.15, 0.2) is 59.5 Å². The van der Waals surface area contributed by atoms with Crippen LogP contribution in [0.4, 0.5) is 0 Å². The molecular weight excluding hydrogens is 410 g/mol. The molecule has 0 saturated carbocycles. The third kappa shape index (κ3) is 5.30. The predicted molar refractivity (Wildman–Crippen MR) is 115 cm³/mol. The van der Waals surface area contributed by atoms with Crippen molar-refractivity contribution in [2.24, 2.45) is 0 Å². The number of hydrogen-bond acceptors (Lipinski definition) is 7. The van der Waals surface area contributed by atoms with Crippen LogP contribution in [0.3, 0.4) is 0 Å². The maximum absolute atomic E-state index is 12.6. The molecule has 0 aliphatic carbocycles. The zero-order valence-electron chi connectivity index (χ0n) is 15.5. The quantitative estimate of drug-likeness (QED) is 0.290. The fourth-order valence-electron chi connectivity index (χ4n) is 2.52. The van der Waals surface area contributed by atoms with Crippen molar-refractivity contribution >= 4 is 52.0 Å². The molecule has 1 aliphatic rings. The fraction of sp³-hybridized carbons (Fsp3) is 0.143. The Morgan fingerprint density at radius 1 is 1.10 bits per heavy atom. The Morgan fingerprint density at radius 3 is 2.45 bits per heavy atom. The second-order valence-corrected chi connectivity index (χ2v) is 7.67. The van der Waals surface area contributed by atoms with Crippen LogP contribution < -0.4 is 4.74 Å². The largest absolute Gasteiger partial charge is 0.497 e. The van der Waals surface area contributed by atoms with Crippen molar-refractivity contribution in [2.45, 2.75) is 0 Å². The van der Waals surface area contributed by atoms with Crippen LogP contribution in [0.25, 0.3) is 6.08 Å². The highest BCUT2D eigenvalue weighted by Gasteiger charge is 2.33. The number of benzene rings is 2. The number of thiocarbonyl (C=S) groups is 1. The van der Waals surface area contributed by atoms with Crippen LogP contribution in [0, 0.1) is 0 Å². The van der Waals surface area contributed by atoms with E-state index >= 15 is 0 Å². The molecule has 1 amide bonds. The van der Waals surface area contributed by atoms with Gasteiger partial charge < -0.3 is 9.47 Å². The Morgan fingerprint density at radius 2 is 1.79 bits per heavy atom. The Hall–Kier alpha value is -2.97. The van der Waals surface area contributed by atoms with Crippen molar-refractivity contribution in [2.75, 3.05) is 20.3 Å². The molecular formula is C21H17NO5S2. The molecule has 148 valence electrons. The summed E-state index contributed by atoms with van der Waals surface area (Å²) in [6.45, 7) is -0.730. The smallest absolute Gasteiger partial charge is 0.326 e. The Kier molecular flexibility index (Phi) is 6.79. The first-order valence-corrected chi connectivity index (χ1v) is 9.83. The van der Waals surface area contributed by atoms with E-state index in [2.05, 4.69) is 0 Å². The standard InChI is InChI=1S/C21H17NO5S2/c1-26-16-9-7-14(8-10-16)11-18-20(25)22(21(28)29-18)12-19(24)27-13-17(23)15-5-3-2-4-6-15/h2-11H,12-13H2,1H3/b18-11-. The lowest BCUT2D eigenvalue weighted by atomic mass is 10.1. The van der Waals surface area contributed by atoms with Gasteiger partial charge in [-0.1, -0.05) is 66.4 Å². The number of ketones is 1. The van der Waals surface area contributed by atoms with Crippen LogP contribution in [0.5, 0.6) is 5.75 Å². The van der Waals surface area contributed by atoms with Gasteiger partial charge in [0.1, 0.15) is 16.6 Å². The predicted octanol–water partition coefficient (Wildman–Crippen LogP) is 3.32. The number of methoxy groups -OCH3 is 1. The lowest BCUT2D eigenvalue weighted by Crippen LogP contribution is -2.35. The van der Waals surface area contributed by atoms with E-state index in [4.69, 9.17) is 21.7 Å². The zero-order chi connectivity index (χ0) is 20.8. The van der Waals surface area contributed by atoms with Crippen LogP contribution in [0.2, 0.25) is 0 Å². The molecule has 29 heavy (non-hydrogen) atoms. The number of hydrogen-bond donors (Lipinski definition) is 0. The number of esters is 1. The summed E-state index contributed by atoms with van der Waals surface area (Å²) in [5.41, 5.74) is 1.26. The summed E-state index contributed by atoms with van der Waals surface area (Å²) in [5.74, 6) is -0.676. The van der Waals surface area contributed by atoms with Crippen molar-refractivity contribution in [3.8, 4) is 5.75 Å². The van der Waals surface area contributed by atoms with Crippen molar-refractivity contribution in [1.29, 1.82) is 0 Å². The van der Waals surface area contributed by atoms with Gasteiger partial charge in [0, 0.05) is 5.56 Å². The van der Waals surface area contributed by atoms with Gasteiger partial charge in [-0.15, -0.1) is 0 Å². The van der Waals surface area contributed by atoms with Crippen molar-refractivity contribution < 1.29 is 23.9 Å². The molecule has 1 heterocycles. The third-order valence-electron chi connectivity index (χ3n) is 4.03. The van der Waals surface area contributed by atoms with Crippen LogP contribution in [-0.2, 0) is 14.3 Å². The third-order valence-corrected chi connectivity index (χ3v) is 5.41. The summed E-state index contributed by atoms with van der Waals surface area (Å²) in [4.78, 5) is 38.3. The second kappa shape index (κ2) is 9.49. The van der Waals surface area contributed by atoms with E-state index in [0.29, 0.717) is 16.2 Å². The molecule has 3 rings (SSSR count). The Balaban J connectivity index is 1.58. The molecule has 1 saturated heterocycles. The monoisotopic (exact) mass is 427 g/mol. The number of ether oxygens (including phenoxy) is 2. The minimum Gasteiger partial charge on any atom is -0.497 e. The van der Waals surface area contributed by atoms with E-state index in [9.17, 15) is 14.4 Å². The molecule has 0 spiro atoms. The molecule has 2 aromatic carbocycles. The number of amides is 1. The van der Waals surface area contributed by atoms with Crippen LogP contribution in [0.1, 0.15) is 15.9 Å². The molecule has 0 atom stereocenters. The summed E-state index contributed by atoms with van der Waals surface area (Å²) < 4.78 is 10.4. The minimum atomic E-state index is -0.698. The summed E-state index contributed by atoms with van der Waals surface area (Å²) >= 11 is 6.33. The minimum absolute atomic E-state index is 0.265. The first-order chi connectivity index (χ1) is 14.0. The number of carbonyl (C=O) groups excluding carboxylic acids is 3. The molecule has 0 bridgehead atoms. The number of nitrogens with zero attached hydrogens (tertiary/aromatic N) is 1. The summed E-state index contributed by atoms with van der Waals surface area (Å²) in [7, 11) is 1.58. The van der Waals surface area contributed by atoms with E-state index in [1.165, 1.54) is 4.90 Å². The topological polar surface area (TPSA) is 72.9 Å². The van der Waals surface area contributed by atoms with Gasteiger partial charge >= 0.3 is 5.97 Å². The Labute approximate surface area is 177 Å². The van der Waals surface area contributed by atoms with Gasteiger partial charge in [0.2, 0.25) is 0 Å². The van der Waals surface area contributed by atoms with E-state index in [0.717, 1.165) is 17.3 Å². The highest BCUT2D eigenvalue weighted by atomic mass is 32.2. The van der Waals surface area contributed by atoms with Gasteiger partial charge in [-0.2, -0.15) is 0 Å². The number of carbonyl (C=O) groups is 3. The summed E-state index contributed by atoms with van der Waals surface area (Å²) in [6, 6.07) is 15.7. The van der Waals surface area contributed by atoms with Gasteiger partial charge in [0.25, 0.3) is 5.91 Å². The van der Waals surface area contributed by atoms with Gasteiger partial charge in [-0.25, -0.2) is 0 Å². The SMILES string of the molecule is COc1ccc(/C=C2\SC(=S)N(CC(=O)OCC(=O)c3ccccc3)C2=O)cc1. The average molecular weight is 428 g/mol. The number of Topliss-reactive ketones (excluding diaryl/α,β-unsaturated/α-hetero) is 1. The van der Waals surface area contributed by atoms with Gasteiger partial charge in [0.15, 0.2) is 12.4 Å². The maximum atomic E-state index is 12.6. The summed E-state index contributed by atoms with van der Waals surface area (Å²) in [5, 5.41) is 0. The van der Waals surface area contributed by atoms with Gasteiger partial charge in [0.05, 0.1) is 12.0 Å². The first kappa shape index (κ1) is 20.8. The number of rotatable bonds is 7. The molecule has 6 nitrogen and oxygen atoms in total. The molecule has 1 aliphatic heterocycles. The Bertz CT molecular complexity index is 970. The van der Waals surface area contributed by atoms with Gasteiger partial charge in [-0.05, 0) is 23.8 Å². The molecule has 0 radical (unpaired) electrons. The average Bonchev–Trinajstić information content (AvgIpc) is 3.00. The lowest BCUT2D eigenvalue weighted by molar-refractivity contribution is -0.145. The van der Waals surface area contributed by atoms with Gasteiger partial charge in [-0.3, -0.25) is 19.3 Å². The lowest BCUT2D eigenvalue weighted by Gasteiger charge is -2.13. The van der Waals surface area contributed by atoms with E-state index < -0.39 is 5.97 Å². The molecule has 0 aromatic heterocycles. The fourth-order valence-corrected chi connectivity index (χ4v) is 3.77.